The Bertz CT molecular complexity index is 401. The maximum Gasteiger partial charge on any atom is 0.224 e. The van der Waals surface area contributed by atoms with Crippen molar-refractivity contribution in [3.8, 4) is 0 Å². The van der Waals surface area contributed by atoms with Crippen LogP contribution in [0.15, 0.2) is 24.3 Å². The van der Waals surface area contributed by atoms with Gasteiger partial charge in [0, 0.05) is 11.1 Å². The van der Waals surface area contributed by atoms with Crippen molar-refractivity contribution < 1.29 is 4.79 Å². The molecule has 98 valence electrons. The van der Waals surface area contributed by atoms with Crippen molar-refractivity contribution in [2.24, 2.45) is 5.92 Å². The number of carbonyl (C=O) groups is 1. The number of halogens is 1. The lowest BCUT2D eigenvalue weighted by molar-refractivity contribution is -0.121. The predicted octanol–water partition coefficient (Wildman–Crippen LogP) is 3.58. The number of nitrogens with one attached hydrogen (secondary N) is 1. The zero-order valence-electron chi connectivity index (χ0n) is 10.8. The van der Waals surface area contributed by atoms with Crippen LogP contribution >= 0.6 is 11.6 Å². The Labute approximate surface area is 114 Å². The van der Waals surface area contributed by atoms with Crippen LogP contribution in [0.2, 0.25) is 5.02 Å². The molecule has 0 heterocycles. The predicted molar refractivity (Wildman–Crippen MR) is 74.7 cm³/mol. The largest absolute Gasteiger partial charge is 0.353 e. The molecule has 1 amide bonds. The minimum Gasteiger partial charge on any atom is -0.353 e. The van der Waals surface area contributed by atoms with Crippen LogP contribution in [-0.2, 0) is 11.2 Å². The van der Waals surface area contributed by atoms with Crippen LogP contribution in [-0.4, -0.2) is 11.9 Å². The minimum absolute atomic E-state index is 0.121. The van der Waals surface area contributed by atoms with Gasteiger partial charge in [0.25, 0.3) is 0 Å². The van der Waals surface area contributed by atoms with Gasteiger partial charge in [-0.25, -0.2) is 0 Å². The van der Waals surface area contributed by atoms with Gasteiger partial charge in [0.2, 0.25) is 5.91 Å². The van der Waals surface area contributed by atoms with Crippen LogP contribution < -0.4 is 5.32 Å². The molecule has 1 aliphatic rings. The summed E-state index contributed by atoms with van der Waals surface area (Å²) in [5.74, 6) is 0.726. The van der Waals surface area contributed by atoms with E-state index in [2.05, 4.69) is 12.2 Å². The molecule has 2 rings (SSSR count). The molecule has 1 aliphatic carbocycles. The summed E-state index contributed by atoms with van der Waals surface area (Å²) in [7, 11) is 0. The molecule has 0 bridgehead atoms. The number of hydrogen-bond acceptors (Lipinski definition) is 1. The van der Waals surface area contributed by atoms with E-state index >= 15 is 0 Å². The Morgan fingerprint density at radius 1 is 1.28 bits per heavy atom. The van der Waals surface area contributed by atoms with Gasteiger partial charge < -0.3 is 5.32 Å². The summed E-state index contributed by atoms with van der Waals surface area (Å²) in [4.78, 5) is 12.0. The lowest BCUT2D eigenvalue weighted by Gasteiger charge is -2.29. The van der Waals surface area contributed by atoms with Crippen LogP contribution in [0.1, 0.15) is 38.2 Å². The number of carbonyl (C=O) groups excluding carboxylic acids is 1. The van der Waals surface area contributed by atoms with E-state index in [1.807, 2.05) is 24.3 Å². The summed E-state index contributed by atoms with van der Waals surface area (Å²) >= 11 is 5.82. The van der Waals surface area contributed by atoms with E-state index < -0.39 is 0 Å². The van der Waals surface area contributed by atoms with Gasteiger partial charge in [-0.05, 0) is 36.5 Å². The lowest BCUT2D eigenvalue weighted by atomic mass is 9.86. The molecule has 0 aliphatic heterocycles. The van der Waals surface area contributed by atoms with E-state index in [1.165, 1.54) is 19.3 Å². The van der Waals surface area contributed by atoms with E-state index in [1.54, 1.807) is 0 Å². The molecule has 1 fully saturated rings. The molecule has 1 N–H and O–H groups in total. The second-order valence-corrected chi connectivity index (χ2v) is 5.68. The molecule has 0 spiro atoms. The van der Waals surface area contributed by atoms with E-state index in [4.69, 9.17) is 11.6 Å². The van der Waals surface area contributed by atoms with E-state index in [0.717, 1.165) is 12.0 Å². The highest BCUT2D eigenvalue weighted by molar-refractivity contribution is 6.30. The Hall–Kier alpha value is -1.02. The summed E-state index contributed by atoms with van der Waals surface area (Å²) in [6.45, 7) is 2.23. The van der Waals surface area contributed by atoms with E-state index in [9.17, 15) is 4.79 Å². The molecule has 1 aromatic carbocycles. The summed E-state index contributed by atoms with van der Waals surface area (Å²) in [6.07, 6.45) is 5.32. The second-order valence-electron chi connectivity index (χ2n) is 5.24. The number of amides is 1. The van der Waals surface area contributed by atoms with E-state index in [0.29, 0.717) is 23.4 Å². The lowest BCUT2D eigenvalue weighted by Crippen LogP contribution is -2.41. The third kappa shape index (κ3) is 3.74. The Morgan fingerprint density at radius 2 is 1.94 bits per heavy atom. The van der Waals surface area contributed by atoms with Gasteiger partial charge >= 0.3 is 0 Å². The first kappa shape index (κ1) is 13.4. The summed E-state index contributed by atoms with van der Waals surface area (Å²) in [6, 6.07) is 7.83. The van der Waals surface area contributed by atoms with E-state index in [-0.39, 0.29) is 5.91 Å². The number of rotatable bonds is 3. The first-order valence-electron chi connectivity index (χ1n) is 6.69. The molecule has 18 heavy (non-hydrogen) atoms. The maximum atomic E-state index is 12.0. The van der Waals surface area contributed by atoms with Crippen molar-refractivity contribution in [2.75, 3.05) is 0 Å². The molecule has 1 saturated carbocycles. The second kappa shape index (κ2) is 6.24. The van der Waals surface area contributed by atoms with Gasteiger partial charge in [-0.3, -0.25) is 4.79 Å². The highest BCUT2D eigenvalue weighted by Gasteiger charge is 2.22. The highest BCUT2D eigenvalue weighted by Crippen LogP contribution is 2.23. The molecular weight excluding hydrogens is 246 g/mol. The molecule has 0 radical (unpaired) electrons. The summed E-state index contributed by atoms with van der Waals surface area (Å²) in [5.41, 5.74) is 1.01. The SMILES string of the molecule is C[C@H]1CCCC[C@@H]1NC(=O)Cc1ccc(Cl)cc1. The van der Waals surface area contributed by atoms with Gasteiger partial charge in [-0.2, -0.15) is 0 Å². The zero-order chi connectivity index (χ0) is 13.0. The van der Waals surface area contributed by atoms with Gasteiger partial charge in [0.1, 0.15) is 0 Å². The molecule has 0 aromatic heterocycles. The number of hydrogen-bond donors (Lipinski definition) is 1. The fraction of sp³-hybridized carbons (Fsp3) is 0.533. The smallest absolute Gasteiger partial charge is 0.224 e. The Balaban J connectivity index is 1.86. The van der Waals surface area contributed by atoms with Gasteiger partial charge in [0.05, 0.1) is 6.42 Å². The quantitative estimate of drug-likeness (QED) is 0.889. The standard InChI is InChI=1S/C15H20ClNO/c1-11-4-2-3-5-14(11)17-15(18)10-12-6-8-13(16)9-7-12/h6-9,11,14H,2-5,10H2,1H3,(H,17,18)/t11-,14-/m0/s1. The fourth-order valence-corrected chi connectivity index (χ4v) is 2.70. The van der Waals surface area contributed by atoms with Gasteiger partial charge in [0.15, 0.2) is 0 Å². The Kier molecular flexibility index (Phi) is 4.65. The van der Waals surface area contributed by atoms with Crippen molar-refractivity contribution in [1.82, 2.24) is 5.32 Å². The van der Waals surface area contributed by atoms with Crippen molar-refractivity contribution in [3.63, 3.8) is 0 Å². The topological polar surface area (TPSA) is 29.1 Å². The molecular formula is C15H20ClNO. The van der Waals surface area contributed by atoms with Crippen molar-refractivity contribution in [2.45, 2.75) is 45.1 Å². The number of benzene rings is 1. The van der Waals surface area contributed by atoms with Crippen LogP contribution in [0, 0.1) is 5.92 Å². The van der Waals surface area contributed by atoms with Crippen LogP contribution in [0.4, 0.5) is 0 Å². The van der Waals surface area contributed by atoms with Crippen LogP contribution in [0.3, 0.4) is 0 Å². The van der Waals surface area contributed by atoms with Gasteiger partial charge in [-0.15, -0.1) is 0 Å². The monoisotopic (exact) mass is 265 g/mol. The zero-order valence-corrected chi connectivity index (χ0v) is 11.5. The van der Waals surface area contributed by atoms with Gasteiger partial charge in [-0.1, -0.05) is 43.5 Å². The highest BCUT2D eigenvalue weighted by atomic mass is 35.5. The normalized spacial score (nSPS) is 23.7. The fourth-order valence-electron chi connectivity index (χ4n) is 2.58. The molecule has 2 nitrogen and oxygen atoms in total. The molecule has 0 unspecified atom stereocenters. The van der Waals surface area contributed by atoms with Crippen LogP contribution in [0.5, 0.6) is 0 Å². The minimum atomic E-state index is 0.121. The van der Waals surface area contributed by atoms with Crippen molar-refractivity contribution in [1.29, 1.82) is 0 Å². The Morgan fingerprint density at radius 3 is 2.61 bits per heavy atom. The van der Waals surface area contributed by atoms with Crippen molar-refractivity contribution in [3.05, 3.63) is 34.9 Å². The van der Waals surface area contributed by atoms with Crippen molar-refractivity contribution >= 4 is 17.5 Å². The summed E-state index contributed by atoms with van der Waals surface area (Å²) in [5, 5.41) is 3.87. The van der Waals surface area contributed by atoms with Crippen LogP contribution in [0.25, 0.3) is 0 Å². The molecule has 0 saturated heterocycles. The summed E-state index contributed by atoms with van der Waals surface area (Å²) < 4.78 is 0. The molecule has 2 atom stereocenters. The molecule has 3 heteroatoms. The molecule has 1 aromatic rings. The first-order chi connectivity index (χ1) is 8.65. The third-order valence-electron chi connectivity index (χ3n) is 3.74. The third-order valence-corrected chi connectivity index (χ3v) is 3.99. The maximum absolute atomic E-state index is 12.0. The first-order valence-corrected chi connectivity index (χ1v) is 7.07. The average Bonchev–Trinajstić information content (AvgIpc) is 2.35. The average molecular weight is 266 g/mol.